The number of piperazine rings is 1. The first-order valence-corrected chi connectivity index (χ1v) is 9.23. The lowest BCUT2D eigenvalue weighted by Gasteiger charge is -2.38. The van der Waals surface area contributed by atoms with Crippen molar-refractivity contribution in [1.82, 2.24) is 18.9 Å². The Morgan fingerprint density at radius 2 is 2.18 bits per heavy atom. The van der Waals surface area contributed by atoms with Crippen molar-refractivity contribution in [2.24, 2.45) is 0 Å². The van der Waals surface area contributed by atoms with E-state index in [1.54, 1.807) is 0 Å². The molecule has 1 N–H and O–H groups in total. The molecule has 120 valence electrons. The number of aromatic carboxylic acids is 1. The minimum absolute atomic E-state index is 0.0221. The van der Waals surface area contributed by atoms with Crippen LogP contribution in [0.5, 0.6) is 0 Å². The number of hydrogen-bond donors (Lipinski definition) is 1. The minimum Gasteiger partial charge on any atom is -0.476 e. The third kappa shape index (κ3) is 2.55. The van der Waals surface area contributed by atoms with Crippen LogP contribution in [-0.4, -0.2) is 70.3 Å². The largest absolute Gasteiger partial charge is 0.476 e. The standard InChI is InChI=1S/C11H15N5O4S2/c1-7-5-14(22(2,19)20)3-4-15(7)11-13-16-6-12-8(10(17)18)9(16)21-11/h6-7H,3-5H2,1-2H3,(H,17,18). The van der Waals surface area contributed by atoms with Crippen molar-refractivity contribution in [2.45, 2.75) is 13.0 Å². The van der Waals surface area contributed by atoms with Crippen LogP contribution < -0.4 is 4.90 Å². The molecular weight excluding hydrogens is 330 g/mol. The number of aromatic nitrogens is 3. The predicted molar refractivity (Wildman–Crippen MR) is 81.0 cm³/mol. The average molecular weight is 345 g/mol. The molecule has 0 aromatic carbocycles. The third-order valence-corrected chi connectivity index (χ3v) is 5.94. The summed E-state index contributed by atoms with van der Waals surface area (Å²) in [6, 6.07) is -0.0411. The topological polar surface area (TPSA) is 108 Å². The van der Waals surface area contributed by atoms with Gasteiger partial charge < -0.3 is 10.0 Å². The Labute approximate surface area is 130 Å². The summed E-state index contributed by atoms with van der Waals surface area (Å²) in [6.45, 7) is 3.21. The van der Waals surface area contributed by atoms with Crippen molar-refractivity contribution >= 4 is 37.3 Å². The highest BCUT2D eigenvalue weighted by Gasteiger charge is 2.31. The molecule has 9 nitrogen and oxygen atoms in total. The Kier molecular flexibility index (Phi) is 3.57. The molecule has 1 fully saturated rings. The van der Waals surface area contributed by atoms with Crippen LogP contribution >= 0.6 is 11.3 Å². The van der Waals surface area contributed by atoms with Gasteiger partial charge in [0.05, 0.1) is 6.26 Å². The zero-order valence-electron chi connectivity index (χ0n) is 12.0. The molecule has 0 aliphatic carbocycles. The van der Waals surface area contributed by atoms with Gasteiger partial charge >= 0.3 is 5.97 Å². The number of hydrogen-bond acceptors (Lipinski definition) is 7. The Hall–Kier alpha value is -1.72. The smallest absolute Gasteiger partial charge is 0.357 e. The SMILES string of the molecule is CC1CN(S(C)(=O)=O)CCN1c1nn2cnc(C(=O)O)c2s1. The second kappa shape index (κ2) is 5.18. The summed E-state index contributed by atoms with van der Waals surface area (Å²) in [5, 5.41) is 14.1. The van der Waals surface area contributed by atoms with Gasteiger partial charge in [-0.25, -0.2) is 22.7 Å². The van der Waals surface area contributed by atoms with E-state index in [0.29, 0.717) is 29.6 Å². The number of carboxylic acid groups (broad SMARTS) is 1. The molecule has 0 bridgehead atoms. The maximum absolute atomic E-state index is 11.6. The molecule has 11 heteroatoms. The lowest BCUT2D eigenvalue weighted by molar-refractivity contribution is 0.0693. The molecule has 1 saturated heterocycles. The summed E-state index contributed by atoms with van der Waals surface area (Å²) in [5.74, 6) is -1.09. The molecule has 0 amide bonds. The summed E-state index contributed by atoms with van der Waals surface area (Å²) in [4.78, 5) is 17.4. The number of fused-ring (bicyclic) bond motifs is 1. The first-order chi connectivity index (χ1) is 10.3. The third-order valence-electron chi connectivity index (χ3n) is 3.60. The van der Waals surface area contributed by atoms with E-state index in [2.05, 4.69) is 10.1 Å². The molecule has 1 unspecified atom stereocenters. The van der Waals surface area contributed by atoms with E-state index in [1.807, 2.05) is 11.8 Å². The fourth-order valence-electron chi connectivity index (χ4n) is 2.47. The Morgan fingerprint density at radius 1 is 1.45 bits per heavy atom. The number of carboxylic acids is 1. The molecule has 1 atom stereocenters. The number of carbonyl (C=O) groups is 1. The van der Waals surface area contributed by atoms with Gasteiger partial charge in [-0.15, -0.1) is 5.10 Å². The maximum atomic E-state index is 11.6. The van der Waals surface area contributed by atoms with Crippen LogP contribution in [0.1, 0.15) is 17.4 Å². The van der Waals surface area contributed by atoms with Crippen LogP contribution in [0.2, 0.25) is 0 Å². The molecule has 2 aromatic heterocycles. The highest BCUT2D eigenvalue weighted by Crippen LogP contribution is 2.28. The molecule has 2 aromatic rings. The van der Waals surface area contributed by atoms with E-state index < -0.39 is 16.0 Å². The van der Waals surface area contributed by atoms with Gasteiger partial charge in [-0.3, -0.25) is 0 Å². The number of imidazole rings is 1. The van der Waals surface area contributed by atoms with Crippen LogP contribution in [0.4, 0.5) is 5.13 Å². The van der Waals surface area contributed by atoms with Crippen molar-refractivity contribution in [3.63, 3.8) is 0 Å². The fraction of sp³-hybridized carbons (Fsp3) is 0.545. The highest BCUT2D eigenvalue weighted by molar-refractivity contribution is 7.88. The lowest BCUT2D eigenvalue weighted by atomic mass is 10.2. The van der Waals surface area contributed by atoms with Gasteiger partial charge in [0.2, 0.25) is 15.2 Å². The first kappa shape index (κ1) is 15.2. The molecule has 0 spiro atoms. The molecule has 0 saturated carbocycles. The Balaban J connectivity index is 1.87. The summed E-state index contributed by atoms with van der Waals surface area (Å²) >= 11 is 1.24. The molecular formula is C11H15N5O4S2. The highest BCUT2D eigenvalue weighted by atomic mass is 32.2. The van der Waals surface area contributed by atoms with Crippen LogP contribution in [0, 0.1) is 0 Å². The van der Waals surface area contributed by atoms with Crippen molar-refractivity contribution < 1.29 is 18.3 Å². The number of anilines is 1. The summed E-state index contributed by atoms with van der Waals surface area (Å²) in [5.41, 5.74) is -0.0221. The van der Waals surface area contributed by atoms with Gasteiger partial charge in [0.25, 0.3) is 0 Å². The number of nitrogens with zero attached hydrogens (tertiary/aromatic N) is 5. The van der Waals surface area contributed by atoms with Gasteiger partial charge in [0, 0.05) is 25.7 Å². The van der Waals surface area contributed by atoms with Crippen molar-refractivity contribution in [3.05, 3.63) is 12.0 Å². The van der Waals surface area contributed by atoms with Crippen molar-refractivity contribution in [3.8, 4) is 0 Å². The normalized spacial score (nSPS) is 20.6. The van der Waals surface area contributed by atoms with Crippen molar-refractivity contribution in [2.75, 3.05) is 30.8 Å². The summed E-state index contributed by atoms with van der Waals surface area (Å²) < 4.78 is 26.1. The number of sulfonamides is 1. The van der Waals surface area contributed by atoms with Crippen LogP contribution in [0.25, 0.3) is 4.83 Å². The predicted octanol–water partition coefficient (Wildman–Crippen LogP) is -0.0409. The average Bonchev–Trinajstić information content (AvgIpc) is 2.96. The van der Waals surface area contributed by atoms with Gasteiger partial charge in [0.15, 0.2) is 10.5 Å². The lowest BCUT2D eigenvalue weighted by Crippen LogP contribution is -2.53. The molecule has 1 aliphatic heterocycles. The molecule has 22 heavy (non-hydrogen) atoms. The van der Waals surface area contributed by atoms with Gasteiger partial charge in [0.1, 0.15) is 6.33 Å². The Bertz CT molecular complexity index is 827. The Morgan fingerprint density at radius 3 is 2.77 bits per heavy atom. The van der Waals surface area contributed by atoms with E-state index in [9.17, 15) is 13.2 Å². The number of rotatable bonds is 3. The zero-order chi connectivity index (χ0) is 16.1. The molecule has 3 rings (SSSR count). The molecule has 0 radical (unpaired) electrons. The van der Waals surface area contributed by atoms with Gasteiger partial charge in [-0.2, -0.15) is 4.31 Å². The second-order valence-electron chi connectivity index (χ2n) is 5.20. The fourth-order valence-corrected chi connectivity index (χ4v) is 4.47. The monoisotopic (exact) mass is 345 g/mol. The summed E-state index contributed by atoms with van der Waals surface area (Å²) in [7, 11) is -3.20. The molecule has 1 aliphatic rings. The van der Waals surface area contributed by atoms with E-state index >= 15 is 0 Å². The molecule has 3 heterocycles. The zero-order valence-corrected chi connectivity index (χ0v) is 13.6. The van der Waals surface area contributed by atoms with Crippen molar-refractivity contribution in [1.29, 1.82) is 0 Å². The van der Waals surface area contributed by atoms with Crippen LogP contribution in [0.3, 0.4) is 0 Å². The van der Waals surface area contributed by atoms with E-state index in [1.165, 1.54) is 32.7 Å². The van der Waals surface area contributed by atoms with Gasteiger partial charge in [-0.05, 0) is 6.92 Å². The van der Waals surface area contributed by atoms with E-state index in [0.717, 1.165) is 0 Å². The van der Waals surface area contributed by atoms with E-state index in [4.69, 9.17) is 5.11 Å². The maximum Gasteiger partial charge on any atom is 0.357 e. The second-order valence-corrected chi connectivity index (χ2v) is 8.13. The van der Waals surface area contributed by atoms with Gasteiger partial charge in [-0.1, -0.05) is 11.3 Å². The quantitative estimate of drug-likeness (QED) is 0.831. The summed E-state index contributed by atoms with van der Waals surface area (Å²) in [6.07, 6.45) is 2.57. The van der Waals surface area contributed by atoms with Crippen LogP contribution in [-0.2, 0) is 10.0 Å². The van der Waals surface area contributed by atoms with E-state index in [-0.39, 0.29) is 11.7 Å². The minimum atomic E-state index is -3.20. The van der Waals surface area contributed by atoms with Crippen LogP contribution in [0.15, 0.2) is 6.33 Å². The first-order valence-electron chi connectivity index (χ1n) is 6.56.